The van der Waals surface area contributed by atoms with Crippen LogP contribution in [0.25, 0.3) is 0 Å². The molecule has 1 aliphatic carbocycles. The number of carbonyl (C=O) groups excluding carboxylic acids is 1. The van der Waals surface area contributed by atoms with E-state index in [4.69, 9.17) is 9.47 Å². The number of Topliss-reactive ketones (excluding diaryl/α,β-unsaturated/α-hetero) is 1. The second-order valence-corrected chi connectivity index (χ2v) is 9.58. The molecule has 0 saturated heterocycles. The van der Waals surface area contributed by atoms with E-state index in [0.29, 0.717) is 13.0 Å². The molecule has 5 nitrogen and oxygen atoms in total. The first kappa shape index (κ1) is 24.0. The van der Waals surface area contributed by atoms with Crippen molar-refractivity contribution in [1.82, 2.24) is 0 Å². The largest absolute Gasteiger partial charge is 0.494 e. The average molecular weight is 483 g/mol. The highest BCUT2D eigenvalue weighted by Gasteiger charge is 2.36. The molecule has 1 heterocycles. The Hall–Kier alpha value is -3.73. The SMILES string of the molecule is CCOc1ccc(C2CC(=O)C3=C(C2)Nc2ccccc2NC3c2ccc(OC(C)CC)cc2)cc1. The van der Waals surface area contributed by atoms with E-state index < -0.39 is 0 Å². The predicted octanol–water partition coefficient (Wildman–Crippen LogP) is 7.24. The van der Waals surface area contributed by atoms with Crippen molar-refractivity contribution < 1.29 is 14.3 Å². The fourth-order valence-electron chi connectivity index (χ4n) is 5.04. The number of hydrogen-bond acceptors (Lipinski definition) is 5. The Balaban J connectivity index is 1.49. The molecule has 3 unspecified atom stereocenters. The van der Waals surface area contributed by atoms with Crippen LogP contribution in [0, 0.1) is 0 Å². The standard InChI is InChI=1S/C31H34N2O3/c1-4-20(3)36-25-16-12-22(13-17-25)31-30-28(32-26-8-6-7-9-27(26)33-31)18-23(19-29(30)34)21-10-14-24(15-11-21)35-5-2/h6-17,20,23,31-33H,4-5,18-19H2,1-3H3. The van der Waals surface area contributed by atoms with Gasteiger partial charge in [0.1, 0.15) is 11.5 Å². The number of nitrogens with one attached hydrogen (secondary N) is 2. The highest BCUT2D eigenvalue weighted by atomic mass is 16.5. The van der Waals surface area contributed by atoms with E-state index in [0.717, 1.165) is 58.1 Å². The van der Waals surface area contributed by atoms with Gasteiger partial charge in [-0.2, -0.15) is 0 Å². The van der Waals surface area contributed by atoms with Gasteiger partial charge in [0.25, 0.3) is 0 Å². The molecule has 5 heteroatoms. The lowest BCUT2D eigenvalue weighted by Crippen LogP contribution is -2.26. The molecule has 3 atom stereocenters. The second-order valence-electron chi connectivity index (χ2n) is 9.58. The molecule has 0 aromatic heterocycles. The highest BCUT2D eigenvalue weighted by Crippen LogP contribution is 2.44. The number of ether oxygens (including phenoxy) is 2. The summed E-state index contributed by atoms with van der Waals surface area (Å²) in [4.78, 5) is 13.7. The van der Waals surface area contributed by atoms with Gasteiger partial charge in [-0.1, -0.05) is 43.3 Å². The molecule has 2 N–H and O–H groups in total. The number of rotatable bonds is 7. The first-order chi connectivity index (χ1) is 17.6. The molecule has 186 valence electrons. The fraction of sp³-hybridized carbons (Fsp3) is 0.323. The molecule has 0 fully saturated rings. The maximum absolute atomic E-state index is 13.7. The zero-order valence-electron chi connectivity index (χ0n) is 21.2. The van der Waals surface area contributed by atoms with Gasteiger partial charge in [0, 0.05) is 17.7 Å². The van der Waals surface area contributed by atoms with Gasteiger partial charge in [-0.25, -0.2) is 0 Å². The monoisotopic (exact) mass is 482 g/mol. The summed E-state index contributed by atoms with van der Waals surface area (Å²) in [6.07, 6.45) is 2.38. The van der Waals surface area contributed by atoms with Crippen LogP contribution in [0.4, 0.5) is 11.4 Å². The number of fused-ring (bicyclic) bond motifs is 1. The quantitative estimate of drug-likeness (QED) is 0.372. The summed E-state index contributed by atoms with van der Waals surface area (Å²) in [6, 6.07) is 24.2. The highest BCUT2D eigenvalue weighted by molar-refractivity contribution is 6.01. The van der Waals surface area contributed by atoms with Crippen LogP contribution in [-0.2, 0) is 4.79 Å². The van der Waals surface area contributed by atoms with Gasteiger partial charge in [-0.3, -0.25) is 4.79 Å². The summed E-state index contributed by atoms with van der Waals surface area (Å²) in [5.74, 6) is 2.00. The van der Waals surface area contributed by atoms with Crippen LogP contribution in [-0.4, -0.2) is 18.5 Å². The van der Waals surface area contributed by atoms with E-state index in [1.54, 1.807) is 0 Å². The van der Waals surface area contributed by atoms with Crippen LogP contribution >= 0.6 is 0 Å². The summed E-state index contributed by atoms with van der Waals surface area (Å²) in [5, 5.41) is 7.27. The van der Waals surface area contributed by atoms with Crippen molar-refractivity contribution in [3.8, 4) is 11.5 Å². The third kappa shape index (κ3) is 4.97. The van der Waals surface area contributed by atoms with Crippen molar-refractivity contribution in [2.75, 3.05) is 17.2 Å². The van der Waals surface area contributed by atoms with Crippen LogP contribution in [0.1, 0.15) is 63.1 Å². The van der Waals surface area contributed by atoms with Gasteiger partial charge in [-0.05, 0) is 80.1 Å². The third-order valence-corrected chi connectivity index (χ3v) is 7.10. The fourth-order valence-corrected chi connectivity index (χ4v) is 5.04. The Morgan fingerprint density at radius 1 is 0.861 bits per heavy atom. The molecule has 0 bridgehead atoms. The van der Waals surface area contributed by atoms with Crippen LogP contribution in [0.3, 0.4) is 0 Å². The van der Waals surface area contributed by atoms with Crippen molar-refractivity contribution in [1.29, 1.82) is 0 Å². The van der Waals surface area contributed by atoms with E-state index in [1.165, 1.54) is 0 Å². The minimum absolute atomic E-state index is 0.122. The molecular formula is C31H34N2O3. The molecular weight excluding hydrogens is 448 g/mol. The summed E-state index contributed by atoms with van der Waals surface area (Å²) >= 11 is 0. The number of benzene rings is 3. The Bertz CT molecular complexity index is 1250. The number of hydrogen-bond donors (Lipinski definition) is 2. The topological polar surface area (TPSA) is 59.6 Å². The molecule has 36 heavy (non-hydrogen) atoms. The van der Waals surface area contributed by atoms with E-state index >= 15 is 0 Å². The van der Waals surface area contributed by atoms with Crippen molar-refractivity contribution in [2.24, 2.45) is 0 Å². The maximum Gasteiger partial charge on any atom is 0.163 e. The number of allylic oxidation sites excluding steroid dienone is 1. The van der Waals surface area contributed by atoms with Gasteiger partial charge in [-0.15, -0.1) is 0 Å². The number of carbonyl (C=O) groups is 1. The zero-order valence-corrected chi connectivity index (χ0v) is 21.2. The lowest BCUT2D eigenvalue weighted by Gasteiger charge is -2.30. The first-order valence-electron chi connectivity index (χ1n) is 12.9. The summed E-state index contributed by atoms with van der Waals surface area (Å²) in [5.41, 5.74) is 6.00. The van der Waals surface area contributed by atoms with Gasteiger partial charge in [0.15, 0.2) is 5.78 Å². The minimum Gasteiger partial charge on any atom is -0.494 e. The van der Waals surface area contributed by atoms with Crippen molar-refractivity contribution >= 4 is 17.2 Å². The second kappa shape index (κ2) is 10.5. The van der Waals surface area contributed by atoms with Gasteiger partial charge >= 0.3 is 0 Å². The van der Waals surface area contributed by atoms with Gasteiger partial charge < -0.3 is 20.1 Å². The summed E-state index contributed by atoms with van der Waals surface area (Å²) in [6.45, 7) is 6.80. The van der Waals surface area contributed by atoms with E-state index in [1.807, 2.05) is 43.3 Å². The van der Waals surface area contributed by atoms with Gasteiger partial charge in [0.2, 0.25) is 0 Å². The lowest BCUT2D eigenvalue weighted by molar-refractivity contribution is -0.116. The van der Waals surface area contributed by atoms with Crippen molar-refractivity contribution in [3.05, 3.63) is 95.2 Å². The van der Waals surface area contributed by atoms with Crippen LogP contribution in [0.2, 0.25) is 0 Å². The number of anilines is 2. The molecule has 5 rings (SSSR count). The Kier molecular flexibility index (Phi) is 6.99. The third-order valence-electron chi connectivity index (χ3n) is 7.10. The summed E-state index contributed by atoms with van der Waals surface area (Å²) in [7, 11) is 0. The molecule has 3 aromatic rings. The van der Waals surface area contributed by atoms with Crippen molar-refractivity contribution in [3.63, 3.8) is 0 Å². The average Bonchev–Trinajstić information content (AvgIpc) is 3.06. The molecule has 1 aliphatic heterocycles. The van der Waals surface area contributed by atoms with Crippen molar-refractivity contribution in [2.45, 2.75) is 58.1 Å². The van der Waals surface area contributed by atoms with Gasteiger partial charge in [0.05, 0.1) is 30.1 Å². The van der Waals surface area contributed by atoms with E-state index in [9.17, 15) is 4.79 Å². The predicted molar refractivity (Wildman–Crippen MR) is 145 cm³/mol. The maximum atomic E-state index is 13.7. The number of para-hydroxylation sites is 2. The molecule has 0 amide bonds. The minimum atomic E-state index is -0.234. The molecule has 3 aromatic carbocycles. The normalized spacial score (nSPS) is 19.8. The lowest BCUT2D eigenvalue weighted by atomic mass is 9.78. The Morgan fingerprint density at radius 2 is 1.53 bits per heavy atom. The molecule has 0 saturated carbocycles. The number of ketones is 1. The van der Waals surface area contributed by atoms with E-state index in [2.05, 4.69) is 60.9 Å². The van der Waals surface area contributed by atoms with Crippen LogP contribution < -0.4 is 20.1 Å². The van der Waals surface area contributed by atoms with Crippen LogP contribution in [0.15, 0.2) is 84.1 Å². The summed E-state index contributed by atoms with van der Waals surface area (Å²) < 4.78 is 11.6. The Labute approximate surface area is 213 Å². The van der Waals surface area contributed by atoms with E-state index in [-0.39, 0.29) is 23.8 Å². The zero-order chi connectivity index (χ0) is 25.1. The Morgan fingerprint density at radius 3 is 2.22 bits per heavy atom. The molecule has 0 radical (unpaired) electrons. The van der Waals surface area contributed by atoms with Crippen LogP contribution in [0.5, 0.6) is 11.5 Å². The molecule has 2 aliphatic rings. The smallest absolute Gasteiger partial charge is 0.163 e. The first-order valence-corrected chi connectivity index (χ1v) is 12.9. The molecule has 0 spiro atoms.